The fourth-order valence-corrected chi connectivity index (χ4v) is 1.76. The van der Waals surface area contributed by atoms with Gasteiger partial charge in [0.2, 0.25) is 0 Å². The molecular weight excluding hydrogens is 236 g/mol. The molecule has 0 amide bonds. The molecule has 3 heteroatoms. The Hall–Kier alpha value is -1.51. The second-order valence-electron chi connectivity index (χ2n) is 3.78. The molecule has 0 atom stereocenters. The number of rotatable bonds is 3. The van der Waals surface area contributed by atoms with Crippen LogP contribution in [0.4, 0.5) is 0 Å². The van der Waals surface area contributed by atoms with Gasteiger partial charge in [-0.25, -0.2) is 0 Å². The van der Waals surface area contributed by atoms with Crippen molar-refractivity contribution in [1.82, 2.24) is 0 Å². The van der Waals surface area contributed by atoms with Gasteiger partial charge < -0.3 is 9.84 Å². The van der Waals surface area contributed by atoms with Crippen molar-refractivity contribution in [3.63, 3.8) is 0 Å². The van der Waals surface area contributed by atoms with Gasteiger partial charge in [0.1, 0.15) is 11.5 Å². The number of aryl methyl sites for hydroxylation is 1. The van der Waals surface area contributed by atoms with Gasteiger partial charge in [-0.15, -0.1) is 0 Å². The average molecular weight is 249 g/mol. The lowest BCUT2D eigenvalue weighted by Gasteiger charge is -2.11. The predicted octanol–water partition coefficient (Wildman–Crippen LogP) is 3.93. The van der Waals surface area contributed by atoms with Crippen molar-refractivity contribution in [2.45, 2.75) is 13.5 Å². The second-order valence-corrected chi connectivity index (χ2v) is 4.21. The zero-order valence-electron chi connectivity index (χ0n) is 9.48. The van der Waals surface area contributed by atoms with Crippen molar-refractivity contribution in [2.75, 3.05) is 0 Å². The van der Waals surface area contributed by atoms with Crippen LogP contribution < -0.4 is 4.74 Å². The Balaban J connectivity index is 2.33. The van der Waals surface area contributed by atoms with E-state index in [4.69, 9.17) is 16.3 Å². The molecule has 0 aliphatic heterocycles. The van der Waals surface area contributed by atoms with Crippen LogP contribution in [0, 0.1) is 6.92 Å². The summed E-state index contributed by atoms with van der Waals surface area (Å²) in [7, 11) is 0. The van der Waals surface area contributed by atoms with Crippen LogP contribution in [0.5, 0.6) is 11.5 Å². The number of hydrogen-bond donors (Lipinski definition) is 1. The maximum atomic E-state index is 9.25. The maximum absolute atomic E-state index is 9.25. The standard InChI is InChI=1S/C14H13ClO2/c1-10-4-2-3-5-13(10)17-14-7-6-12(15)8-11(14)9-16/h2-8,16H,9H2,1H3. The van der Waals surface area contributed by atoms with E-state index in [9.17, 15) is 5.11 Å². The molecule has 0 saturated carbocycles. The second kappa shape index (κ2) is 5.21. The molecule has 0 aliphatic carbocycles. The minimum absolute atomic E-state index is 0.0955. The molecule has 2 aromatic rings. The highest BCUT2D eigenvalue weighted by Crippen LogP contribution is 2.29. The summed E-state index contributed by atoms with van der Waals surface area (Å²) in [5, 5.41) is 9.84. The molecule has 0 aliphatic rings. The first-order valence-corrected chi connectivity index (χ1v) is 5.71. The summed E-state index contributed by atoms with van der Waals surface area (Å²) in [5.41, 5.74) is 1.73. The summed E-state index contributed by atoms with van der Waals surface area (Å²) in [6, 6.07) is 13.0. The van der Waals surface area contributed by atoms with E-state index in [1.54, 1.807) is 18.2 Å². The Morgan fingerprint density at radius 2 is 1.88 bits per heavy atom. The van der Waals surface area contributed by atoms with Crippen LogP contribution in [0.1, 0.15) is 11.1 Å². The zero-order chi connectivity index (χ0) is 12.3. The first kappa shape index (κ1) is 12.0. The number of hydrogen-bond acceptors (Lipinski definition) is 2. The summed E-state index contributed by atoms with van der Waals surface area (Å²) < 4.78 is 5.77. The van der Waals surface area contributed by atoms with Gasteiger partial charge in [-0.2, -0.15) is 0 Å². The topological polar surface area (TPSA) is 29.5 Å². The highest BCUT2D eigenvalue weighted by molar-refractivity contribution is 6.30. The lowest BCUT2D eigenvalue weighted by molar-refractivity contribution is 0.276. The monoisotopic (exact) mass is 248 g/mol. The predicted molar refractivity (Wildman–Crippen MR) is 68.6 cm³/mol. The summed E-state index contributed by atoms with van der Waals surface area (Å²) >= 11 is 5.86. The van der Waals surface area contributed by atoms with E-state index in [1.807, 2.05) is 31.2 Å². The highest BCUT2D eigenvalue weighted by atomic mass is 35.5. The van der Waals surface area contributed by atoms with E-state index >= 15 is 0 Å². The number of ether oxygens (including phenoxy) is 1. The minimum Gasteiger partial charge on any atom is -0.457 e. The van der Waals surface area contributed by atoms with E-state index in [0.717, 1.165) is 11.3 Å². The van der Waals surface area contributed by atoms with E-state index in [2.05, 4.69) is 0 Å². The molecule has 2 aromatic carbocycles. The van der Waals surface area contributed by atoms with Crippen LogP contribution in [0.3, 0.4) is 0 Å². The van der Waals surface area contributed by atoms with Crippen LogP contribution >= 0.6 is 11.6 Å². The Morgan fingerprint density at radius 1 is 1.12 bits per heavy atom. The fraction of sp³-hybridized carbons (Fsp3) is 0.143. The molecule has 88 valence electrons. The fourth-order valence-electron chi connectivity index (χ4n) is 1.56. The van der Waals surface area contributed by atoms with Gasteiger partial charge in [-0.05, 0) is 36.8 Å². The SMILES string of the molecule is Cc1ccccc1Oc1ccc(Cl)cc1CO. The molecule has 2 rings (SSSR count). The third kappa shape index (κ3) is 2.78. The molecule has 0 radical (unpaired) electrons. The molecule has 0 aromatic heterocycles. The molecule has 1 N–H and O–H groups in total. The normalized spacial score (nSPS) is 10.3. The molecule has 0 heterocycles. The third-order valence-corrected chi connectivity index (χ3v) is 2.74. The van der Waals surface area contributed by atoms with Crippen LogP contribution in [0.15, 0.2) is 42.5 Å². The Bertz CT molecular complexity index is 523. The Morgan fingerprint density at radius 3 is 2.59 bits per heavy atom. The van der Waals surface area contributed by atoms with Crippen molar-refractivity contribution in [1.29, 1.82) is 0 Å². The quantitative estimate of drug-likeness (QED) is 0.892. The molecule has 0 saturated heterocycles. The minimum atomic E-state index is -0.0955. The van der Waals surface area contributed by atoms with Crippen molar-refractivity contribution < 1.29 is 9.84 Å². The van der Waals surface area contributed by atoms with Crippen LogP contribution in [0.25, 0.3) is 0 Å². The van der Waals surface area contributed by atoms with Crippen LogP contribution in [0.2, 0.25) is 5.02 Å². The summed E-state index contributed by atoms with van der Waals surface area (Å²) in [4.78, 5) is 0. The highest BCUT2D eigenvalue weighted by Gasteiger charge is 2.06. The Kier molecular flexibility index (Phi) is 3.67. The number of aliphatic hydroxyl groups is 1. The lowest BCUT2D eigenvalue weighted by atomic mass is 10.2. The van der Waals surface area contributed by atoms with Crippen molar-refractivity contribution in [3.05, 3.63) is 58.6 Å². The summed E-state index contributed by atoms with van der Waals surface area (Å²) in [5.74, 6) is 1.41. The largest absolute Gasteiger partial charge is 0.457 e. The number of benzene rings is 2. The van der Waals surface area contributed by atoms with Crippen molar-refractivity contribution >= 4 is 11.6 Å². The van der Waals surface area contributed by atoms with E-state index in [1.165, 1.54) is 0 Å². The number of halogens is 1. The Labute approximate surface area is 105 Å². The summed E-state index contributed by atoms with van der Waals surface area (Å²) in [6.07, 6.45) is 0. The first-order valence-electron chi connectivity index (χ1n) is 5.33. The molecule has 0 spiro atoms. The van der Waals surface area contributed by atoms with Crippen molar-refractivity contribution in [2.24, 2.45) is 0 Å². The van der Waals surface area contributed by atoms with Gasteiger partial charge in [0, 0.05) is 10.6 Å². The van der Waals surface area contributed by atoms with E-state index < -0.39 is 0 Å². The molecular formula is C14H13ClO2. The number of para-hydroxylation sites is 1. The number of aliphatic hydroxyl groups excluding tert-OH is 1. The molecule has 17 heavy (non-hydrogen) atoms. The van der Waals surface area contributed by atoms with E-state index in [-0.39, 0.29) is 6.61 Å². The zero-order valence-corrected chi connectivity index (χ0v) is 10.2. The van der Waals surface area contributed by atoms with Crippen LogP contribution in [-0.4, -0.2) is 5.11 Å². The molecule has 0 fully saturated rings. The van der Waals surface area contributed by atoms with Crippen LogP contribution in [-0.2, 0) is 6.61 Å². The van der Waals surface area contributed by atoms with Crippen molar-refractivity contribution in [3.8, 4) is 11.5 Å². The van der Waals surface area contributed by atoms with E-state index in [0.29, 0.717) is 16.3 Å². The average Bonchev–Trinajstić information content (AvgIpc) is 2.34. The summed E-state index contributed by atoms with van der Waals surface area (Å²) in [6.45, 7) is 1.88. The van der Waals surface area contributed by atoms with Gasteiger partial charge in [0.05, 0.1) is 6.61 Å². The van der Waals surface area contributed by atoms with Gasteiger partial charge in [-0.1, -0.05) is 29.8 Å². The molecule has 0 unspecified atom stereocenters. The molecule has 2 nitrogen and oxygen atoms in total. The smallest absolute Gasteiger partial charge is 0.133 e. The van der Waals surface area contributed by atoms with Gasteiger partial charge in [0.15, 0.2) is 0 Å². The van der Waals surface area contributed by atoms with Gasteiger partial charge in [0.25, 0.3) is 0 Å². The molecule has 0 bridgehead atoms. The maximum Gasteiger partial charge on any atom is 0.133 e. The van der Waals surface area contributed by atoms with Gasteiger partial charge >= 0.3 is 0 Å². The first-order chi connectivity index (χ1) is 8.20. The lowest BCUT2D eigenvalue weighted by Crippen LogP contribution is -1.93. The third-order valence-electron chi connectivity index (χ3n) is 2.51. The van der Waals surface area contributed by atoms with Gasteiger partial charge in [-0.3, -0.25) is 0 Å².